The van der Waals surface area contributed by atoms with E-state index in [0.717, 1.165) is 32.4 Å². The number of nitrogens with one attached hydrogen (secondary N) is 1. The Hall–Kier alpha value is -1.86. The molecule has 4 heteroatoms. The molecule has 0 spiro atoms. The molecule has 2 aliphatic heterocycles. The van der Waals surface area contributed by atoms with Gasteiger partial charge in [-0.2, -0.15) is 5.26 Å². The second kappa shape index (κ2) is 6.10. The van der Waals surface area contributed by atoms with Gasteiger partial charge in [-0.3, -0.25) is 4.79 Å². The van der Waals surface area contributed by atoms with E-state index in [1.807, 2.05) is 0 Å². The van der Waals surface area contributed by atoms with Crippen LogP contribution in [0.3, 0.4) is 0 Å². The van der Waals surface area contributed by atoms with Gasteiger partial charge in [-0.15, -0.1) is 0 Å². The predicted molar refractivity (Wildman–Crippen MR) is 85.4 cm³/mol. The number of likely N-dealkylation sites (tertiary alicyclic amines) is 1. The molecule has 3 atom stereocenters. The smallest absolute Gasteiger partial charge is 0.240 e. The summed E-state index contributed by atoms with van der Waals surface area (Å²) in [5, 5.41) is 12.5. The van der Waals surface area contributed by atoms with E-state index in [9.17, 15) is 4.79 Å². The molecule has 1 amide bonds. The van der Waals surface area contributed by atoms with Gasteiger partial charge < -0.3 is 10.2 Å². The van der Waals surface area contributed by atoms with Gasteiger partial charge in [0.05, 0.1) is 12.1 Å². The number of hydrogen-bond acceptors (Lipinski definition) is 3. The van der Waals surface area contributed by atoms with Crippen molar-refractivity contribution in [3.8, 4) is 6.07 Å². The maximum absolute atomic E-state index is 12.7. The van der Waals surface area contributed by atoms with E-state index < -0.39 is 0 Å². The number of hydrogen-bond donors (Lipinski definition) is 1. The summed E-state index contributed by atoms with van der Waals surface area (Å²) in [6.07, 6.45) is 2.59. The number of carbonyl (C=O) groups excluding carboxylic acids is 1. The van der Waals surface area contributed by atoms with Crippen molar-refractivity contribution in [2.75, 3.05) is 13.1 Å². The Kier molecular flexibility index (Phi) is 4.17. The first-order valence-electron chi connectivity index (χ1n) is 8.11. The Morgan fingerprint density at radius 1 is 1.36 bits per heavy atom. The molecular formula is C18H23N3O. The SMILES string of the molecule is Cc1cccc(C)c1[C@@H]1CN[C@H](C(=O)N2CCC[C@H]2C#N)C1. The fourth-order valence-electron chi connectivity index (χ4n) is 3.98. The quantitative estimate of drug-likeness (QED) is 0.911. The third kappa shape index (κ3) is 2.62. The van der Waals surface area contributed by atoms with Crippen molar-refractivity contribution < 1.29 is 4.79 Å². The first kappa shape index (κ1) is 15.1. The average molecular weight is 297 g/mol. The van der Waals surface area contributed by atoms with Gasteiger partial charge in [0, 0.05) is 13.1 Å². The minimum atomic E-state index is -0.228. The first-order valence-corrected chi connectivity index (χ1v) is 8.11. The van der Waals surface area contributed by atoms with Crippen LogP contribution in [0.4, 0.5) is 0 Å². The highest BCUT2D eigenvalue weighted by Crippen LogP contribution is 2.32. The Labute approximate surface area is 132 Å². The van der Waals surface area contributed by atoms with E-state index >= 15 is 0 Å². The van der Waals surface area contributed by atoms with Gasteiger partial charge in [0.1, 0.15) is 6.04 Å². The summed E-state index contributed by atoms with van der Waals surface area (Å²) in [7, 11) is 0. The molecule has 0 radical (unpaired) electrons. The fourth-order valence-corrected chi connectivity index (χ4v) is 3.98. The lowest BCUT2D eigenvalue weighted by Gasteiger charge is -2.23. The van der Waals surface area contributed by atoms with Gasteiger partial charge >= 0.3 is 0 Å². The highest BCUT2D eigenvalue weighted by Gasteiger charge is 2.37. The molecule has 2 saturated heterocycles. The van der Waals surface area contributed by atoms with Crippen LogP contribution in [-0.4, -0.2) is 36.0 Å². The van der Waals surface area contributed by atoms with Crippen LogP contribution < -0.4 is 5.32 Å². The highest BCUT2D eigenvalue weighted by molar-refractivity contribution is 5.83. The molecule has 22 heavy (non-hydrogen) atoms. The Bertz CT molecular complexity index is 599. The Balaban J connectivity index is 1.73. The lowest BCUT2D eigenvalue weighted by Crippen LogP contribution is -2.45. The number of aryl methyl sites for hydroxylation is 2. The second-order valence-corrected chi connectivity index (χ2v) is 6.52. The lowest BCUT2D eigenvalue weighted by atomic mass is 9.89. The van der Waals surface area contributed by atoms with E-state index in [4.69, 9.17) is 5.26 Å². The molecule has 4 nitrogen and oxygen atoms in total. The van der Waals surface area contributed by atoms with Gasteiger partial charge in [0.2, 0.25) is 5.91 Å². The Morgan fingerprint density at radius 2 is 2.09 bits per heavy atom. The van der Waals surface area contributed by atoms with Crippen LogP contribution >= 0.6 is 0 Å². The zero-order valence-electron chi connectivity index (χ0n) is 13.3. The van der Waals surface area contributed by atoms with E-state index in [-0.39, 0.29) is 18.0 Å². The summed E-state index contributed by atoms with van der Waals surface area (Å²) in [6.45, 7) is 5.85. The van der Waals surface area contributed by atoms with Crippen LogP contribution in [0.25, 0.3) is 0 Å². The summed E-state index contributed by atoms with van der Waals surface area (Å²) < 4.78 is 0. The van der Waals surface area contributed by atoms with Crippen molar-refractivity contribution >= 4 is 5.91 Å². The third-order valence-electron chi connectivity index (χ3n) is 5.06. The minimum Gasteiger partial charge on any atom is -0.325 e. The number of nitrogens with zero attached hydrogens (tertiary/aromatic N) is 2. The molecule has 3 rings (SSSR count). The molecule has 0 saturated carbocycles. The number of benzene rings is 1. The van der Waals surface area contributed by atoms with Crippen molar-refractivity contribution in [3.63, 3.8) is 0 Å². The molecule has 1 aromatic carbocycles. The molecule has 2 fully saturated rings. The molecule has 116 valence electrons. The van der Waals surface area contributed by atoms with E-state index in [1.165, 1.54) is 16.7 Å². The molecule has 0 aromatic heterocycles. The standard InChI is InChI=1S/C18H23N3O/c1-12-5-3-6-13(2)17(12)14-9-16(20-11-14)18(22)21-8-4-7-15(21)10-19/h3,5-6,14-16,20H,4,7-9,11H2,1-2H3/t14-,15-,16-/m0/s1. The topological polar surface area (TPSA) is 56.1 Å². The summed E-state index contributed by atoms with van der Waals surface area (Å²) >= 11 is 0. The third-order valence-corrected chi connectivity index (χ3v) is 5.06. The summed E-state index contributed by atoms with van der Waals surface area (Å²) in [5.41, 5.74) is 3.98. The molecule has 2 heterocycles. The van der Waals surface area contributed by atoms with E-state index in [0.29, 0.717) is 5.92 Å². The van der Waals surface area contributed by atoms with Crippen molar-refractivity contribution in [2.24, 2.45) is 0 Å². The molecule has 0 unspecified atom stereocenters. The molecule has 1 aromatic rings. The van der Waals surface area contributed by atoms with Crippen molar-refractivity contribution in [1.29, 1.82) is 5.26 Å². The summed E-state index contributed by atoms with van der Waals surface area (Å²) in [6, 6.07) is 8.26. The van der Waals surface area contributed by atoms with Gasteiger partial charge in [-0.25, -0.2) is 0 Å². The van der Waals surface area contributed by atoms with Gasteiger partial charge in [0.15, 0.2) is 0 Å². The number of rotatable bonds is 2. The van der Waals surface area contributed by atoms with Crippen molar-refractivity contribution in [1.82, 2.24) is 10.2 Å². The number of nitriles is 1. The second-order valence-electron chi connectivity index (χ2n) is 6.52. The minimum absolute atomic E-state index is 0.109. The van der Waals surface area contributed by atoms with Crippen molar-refractivity contribution in [3.05, 3.63) is 34.9 Å². The van der Waals surface area contributed by atoms with Gasteiger partial charge in [0.25, 0.3) is 0 Å². The maximum atomic E-state index is 12.7. The van der Waals surface area contributed by atoms with Crippen LogP contribution in [0.1, 0.15) is 41.9 Å². The van der Waals surface area contributed by atoms with Crippen LogP contribution in [0.15, 0.2) is 18.2 Å². The zero-order valence-corrected chi connectivity index (χ0v) is 13.3. The monoisotopic (exact) mass is 297 g/mol. The number of amides is 1. The molecule has 0 bridgehead atoms. The maximum Gasteiger partial charge on any atom is 0.240 e. The average Bonchev–Trinajstić information content (AvgIpc) is 3.15. The molecule has 2 aliphatic rings. The van der Waals surface area contributed by atoms with Crippen LogP contribution in [0.2, 0.25) is 0 Å². The highest BCUT2D eigenvalue weighted by atomic mass is 16.2. The zero-order chi connectivity index (χ0) is 15.7. The molecule has 1 N–H and O–H groups in total. The Morgan fingerprint density at radius 3 is 2.77 bits per heavy atom. The van der Waals surface area contributed by atoms with Crippen molar-refractivity contribution in [2.45, 2.75) is 51.1 Å². The summed E-state index contributed by atoms with van der Waals surface area (Å²) in [5.74, 6) is 0.496. The van der Waals surface area contributed by atoms with Crippen LogP contribution in [0, 0.1) is 25.2 Å². The van der Waals surface area contributed by atoms with E-state index in [2.05, 4.69) is 43.4 Å². The molecule has 0 aliphatic carbocycles. The van der Waals surface area contributed by atoms with E-state index in [1.54, 1.807) is 4.90 Å². The largest absolute Gasteiger partial charge is 0.325 e. The number of carbonyl (C=O) groups is 1. The van der Waals surface area contributed by atoms with Gasteiger partial charge in [-0.05, 0) is 55.7 Å². The first-order chi connectivity index (χ1) is 10.6. The van der Waals surface area contributed by atoms with Gasteiger partial charge in [-0.1, -0.05) is 18.2 Å². The summed E-state index contributed by atoms with van der Waals surface area (Å²) in [4.78, 5) is 14.4. The van der Waals surface area contributed by atoms with Crippen LogP contribution in [-0.2, 0) is 4.79 Å². The predicted octanol–water partition coefficient (Wildman–Crippen LogP) is 2.26. The fraction of sp³-hybridized carbons (Fsp3) is 0.556. The van der Waals surface area contributed by atoms with Crippen LogP contribution in [0.5, 0.6) is 0 Å². The lowest BCUT2D eigenvalue weighted by molar-refractivity contribution is -0.133. The molecular weight excluding hydrogens is 274 g/mol. The normalized spacial score (nSPS) is 27.9.